The summed E-state index contributed by atoms with van der Waals surface area (Å²) in [6.45, 7) is 4.24. The van der Waals surface area contributed by atoms with Crippen LogP contribution in [-0.2, 0) is 5.88 Å². The summed E-state index contributed by atoms with van der Waals surface area (Å²) in [5.41, 5.74) is 1.06. The molecule has 1 aliphatic heterocycles. The van der Waals surface area contributed by atoms with Gasteiger partial charge in [0.05, 0.1) is 5.88 Å². The van der Waals surface area contributed by atoms with Crippen LogP contribution in [-0.4, -0.2) is 23.1 Å². The molecular formula is C11H14ClN3. The molecule has 0 radical (unpaired) electrons. The predicted octanol–water partition coefficient (Wildman–Crippen LogP) is 1.98. The van der Waals surface area contributed by atoms with Crippen LogP contribution in [0.15, 0.2) is 6.20 Å². The molecule has 1 saturated carbocycles. The molecule has 2 fully saturated rings. The summed E-state index contributed by atoms with van der Waals surface area (Å²) in [5.74, 6) is 4.23. The first-order valence-electron chi connectivity index (χ1n) is 5.41. The number of nitrogens with zero attached hydrogens (tertiary/aromatic N) is 3. The van der Waals surface area contributed by atoms with Crippen molar-refractivity contribution in [2.45, 2.75) is 19.2 Å². The van der Waals surface area contributed by atoms with Crippen LogP contribution in [0.5, 0.6) is 0 Å². The molecule has 1 saturated heterocycles. The van der Waals surface area contributed by atoms with Crippen LogP contribution in [0.1, 0.15) is 17.8 Å². The van der Waals surface area contributed by atoms with Gasteiger partial charge in [0.1, 0.15) is 11.6 Å². The van der Waals surface area contributed by atoms with E-state index in [2.05, 4.69) is 14.9 Å². The van der Waals surface area contributed by atoms with E-state index in [0.29, 0.717) is 5.88 Å². The van der Waals surface area contributed by atoms with E-state index in [0.717, 1.165) is 42.1 Å². The van der Waals surface area contributed by atoms with Crippen molar-refractivity contribution >= 4 is 17.4 Å². The molecule has 15 heavy (non-hydrogen) atoms. The average Bonchev–Trinajstić information content (AvgIpc) is 2.86. The van der Waals surface area contributed by atoms with E-state index in [1.165, 1.54) is 6.42 Å². The van der Waals surface area contributed by atoms with Gasteiger partial charge in [0.15, 0.2) is 0 Å². The van der Waals surface area contributed by atoms with E-state index < -0.39 is 0 Å². The summed E-state index contributed by atoms with van der Waals surface area (Å²) in [6.07, 6.45) is 3.27. The van der Waals surface area contributed by atoms with Crippen molar-refractivity contribution in [1.29, 1.82) is 0 Å². The molecule has 0 bridgehead atoms. The van der Waals surface area contributed by atoms with E-state index in [1.54, 1.807) is 0 Å². The minimum Gasteiger partial charge on any atom is -0.356 e. The molecule has 1 aromatic rings. The fourth-order valence-corrected chi connectivity index (χ4v) is 2.61. The second-order valence-electron chi connectivity index (χ2n) is 4.56. The molecule has 0 spiro atoms. The van der Waals surface area contributed by atoms with Crippen LogP contribution >= 0.6 is 11.6 Å². The largest absolute Gasteiger partial charge is 0.356 e. The number of alkyl halides is 1. The number of aryl methyl sites for hydroxylation is 1. The Morgan fingerprint density at radius 3 is 2.87 bits per heavy atom. The van der Waals surface area contributed by atoms with E-state index in [1.807, 2.05) is 13.1 Å². The van der Waals surface area contributed by atoms with Gasteiger partial charge >= 0.3 is 0 Å². The first-order chi connectivity index (χ1) is 7.28. The van der Waals surface area contributed by atoms with Crippen molar-refractivity contribution < 1.29 is 0 Å². The van der Waals surface area contributed by atoms with Gasteiger partial charge in [-0.2, -0.15) is 0 Å². The lowest BCUT2D eigenvalue weighted by atomic mass is 10.3. The topological polar surface area (TPSA) is 29.0 Å². The summed E-state index contributed by atoms with van der Waals surface area (Å²) in [7, 11) is 0. The molecule has 0 amide bonds. The Labute approximate surface area is 94.5 Å². The molecule has 80 valence electrons. The minimum absolute atomic E-state index is 0.501. The molecular weight excluding hydrogens is 210 g/mol. The summed E-state index contributed by atoms with van der Waals surface area (Å²) in [6, 6.07) is 0. The first-order valence-corrected chi connectivity index (χ1v) is 5.95. The van der Waals surface area contributed by atoms with Crippen LogP contribution in [0.2, 0.25) is 0 Å². The number of fused-ring (bicyclic) bond motifs is 1. The van der Waals surface area contributed by atoms with Crippen molar-refractivity contribution in [3.8, 4) is 0 Å². The minimum atomic E-state index is 0.501. The van der Waals surface area contributed by atoms with Gasteiger partial charge in [-0.3, -0.25) is 0 Å². The quantitative estimate of drug-likeness (QED) is 0.718. The fraction of sp³-hybridized carbons (Fsp3) is 0.636. The fourth-order valence-electron chi connectivity index (χ4n) is 2.42. The number of hydrogen-bond donors (Lipinski definition) is 0. The summed E-state index contributed by atoms with van der Waals surface area (Å²) in [4.78, 5) is 11.1. The molecule has 1 aliphatic carbocycles. The Morgan fingerprint density at radius 1 is 1.47 bits per heavy atom. The van der Waals surface area contributed by atoms with E-state index in [9.17, 15) is 0 Å². The monoisotopic (exact) mass is 223 g/mol. The lowest BCUT2D eigenvalue weighted by Crippen LogP contribution is -2.24. The van der Waals surface area contributed by atoms with Gasteiger partial charge in [0.2, 0.25) is 0 Å². The third-order valence-electron chi connectivity index (χ3n) is 3.38. The number of piperidine rings is 1. The van der Waals surface area contributed by atoms with Gasteiger partial charge in [-0.05, 0) is 25.2 Å². The Kier molecular flexibility index (Phi) is 2.09. The molecule has 4 heteroatoms. The maximum atomic E-state index is 5.90. The lowest BCUT2D eigenvalue weighted by Gasteiger charge is -2.21. The number of anilines is 1. The van der Waals surface area contributed by atoms with Crippen molar-refractivity contribution in [3.05, 3.63) is 17.6 Å². The number of aromatic nitrogens is 2. The maximum Gasteiger partial charge on any atom is 0.136 e. The molecule has 3 nitrogen and oxygen atoms in total. The molecule has 2 heterocycles. The van der Waals surface area contributed by atoms with Gasteiger partial charge in [0, 0.05) is 24.8 Å². The predicted molar refractivity (Wildman–Crippen MR) is 60.1 cm³/mol. The highest BCUT2D eigenvalue weighted by Crippen LogP contribution is 2.46. The molecule has 2 atom stereocenters. The molecule has 0 N–H and O–H groups in total. The molecule has 0 aromatic carbocycles. The maximum absolute atomic E-state index is 5.90. The zero-order valence-electron chi connectivity index (χ0n) is 8.78. The Balaban J connectivity index is 1.91. The standard InChI is InChI=1S/C11H14ClN3/c1-7-13-4-10(3-12)11(14-7)15-5-8-2-9(8)6-15/h4,8-9H,2-3,5-6H2,1H3. The lowest BCUT2D eigenvalue weighted by molar-refractivity contribution is 0.792. The number of hydrogen-bond acceptors (Lipinski definition) is 3. The van der Waals surface area contributed by atoms with Crippen LogP contribution < -0.4 is 4.90 Å². The van der Waals surface area contributed by atoms with Crippen molar-refractivity contribution in [1.82, 2.24) is 9.97 Å². The first kappa shape index (κ1) is 9.40. The average molecular weight is 224 g/mol. The third-order valence-corrected chi connectivity index (χ3v) is 3.67. The molecule has 2 unspecified atom stereocenters. The van der Waals surface area contributed by atoms with Crippen LogP contribution in [0.4, 0.5) is 5.82 Å². The normalized spacial score (nSPS) is 28.0. The number of rotatable bonds is 2. The zero-order valence-corrected chi connectivity index (χ0v) is 9.54. The SMILES string of the molecule is Cc1ncc(CCl)c(N2CC3CC3C2)n1. The van der Waals surface area contributed by atoms with Gasteiger partial charge in [-0.15, -0.1) is 11.6 Å². The Hall–Kier alpha value is -0.830. The summed E-state index contributed by atoms with van der Waals surface area (Å²) < 4.78 is 0. The van der Waals surface area contributed by atoms with E-state index in [-0.39, 0.29) is 0 Å². The number of halogens is 1. The second-order valence-corrected chi connectivity index (χ2v) is 4.83. The van der Waals surface area contributed by atoms with E-state index >= 15 is 0 Å². The van der Waals surface area contributed by atoms with Crippen molar-refractivity contribution in [3.63, 3.8) is 0 Å². The van der Waals surface area contributed by atoms with Crippen molar-refractivity contribution in [2.24, 2.45) is 11.8 Å². The molecule has 1 aromatic heterocycles. The molecule has 2 aliphatic rings. The Bertz CT molecular complexity index is 383. The summed E-state index contributed by atoms with van der Waals surface area (Å²) in [5, 5.41) is 0. The van der Waals surface area contributed by atoms with Crippen LogP contribution in [0.3, 0.4) is 0 Å². The van der Waals surface area contributed by atoms with Gasteiger partial charge in [0.25, 0.3) is 0 Å². The van der Waals surface area contributed by atoms with Gasteiger partial charge < -0.3 is 4.90 Å². The smallest absolute Gasteiger partial charge is 0.136 e. The third kappa shape index (κ3) is 1.59. The Morgan fingerprint density at radius 2 is 2.20 bits per heavy atom. The summed E-state index contributed by atoms with van der Waals surface area (Å²) >= 11 is 5.90. The second kappa shape index (κ2) is 3.34. The molecule has 3 rings (SSSR count). The zero-order chi connectivity index (χ0) is 10.4. The van der Waals surface area contributed by atoms with Crippen molar-refractivity contribution in [2.75, 3.05) is 18.0 Å². The van der Waals surface area contributed by atoms with Gasteiger partial charge in [-0.1, -0.05) is 0 Å². The van der Waals surface area contributed by atoms with E-state index in [4.69, 9.17) is 11.6 Å². The highest BCUT2D eigenvalue weighted by molar-refractivity contribution is 6.17. The van der Waals surface area contributed by atoms with Crippen LogP contribution in [0.25, 0.3) is 0 Å². The highest BCUT2D eigenvalue weighted by Gasteiger charge is 2.45. The highest BCUT2D eigenvalue weighted by atomic mass is 35.5. The van der Waals surface area contributed by atoms with Crippen LogP contribution in [0, 0.1) is 18.8 Å². The van der Waals surface area contributed by atoms with Gasteiger partial charge in [-0.25, -0.2) is 9.97 Å².